The normalized spacial score (nSPS) is 14.9. The second-order valence-electron chi connectivity index (χ2n) is 6.84. The van der Waals surface area contributed by atoms with Crippen molar-refractivity contribution < 1.29 is 4.79 Å². The van der Waals surface area contributed by atoms with Gasteiger partial charge in [-0.2, -0.15) is 0 Å². The van der Waals surface area contributed by atoms with E-state index in [0.717, 1.165) is 43.1 Å². The number of rotatable bonds is 4. The summed E-state index contributed by atoms with van der Waals surface area (Å²) in [4.78, 5) is 19.4. The summed E-state index contributed by atoms with van der Waals surface area (Å²) in [7, 11) is 0. The Morgan fingerprint density at radius 3 is 2.43 bits per heavy atom. The van der Waals surface area contributed by atoms with Crippen molar-refractivity contribution in [3.05, 3.63) is 71.1 Å². The van der Waals surface area contributed by atoms with Crippen molar-refractivity contribution >= 4 is 40.6 Å². The monoisotopic (exact) mass is 414 g/mol. The molecule has 28 heavy (non-hydrogen) atoms. The second kappa shape index (κ2) is 8.25. The first kappa shape index (κ1) is 18.8. The zero-order valence-corrected chi connectivity index (χ0v) is 16.7. The summed E-state index contributed by atoms with van der Waals surface area (Å²) in [6, 6.07) is 13.1. The molecule has 144 valence electrons. The summed E-state index contributed by atoms with van der Waals surface area (Å²) in [5.41, 5.74) is 1.61. The number of carbonyl (C=O) groups is 1. The molecule has 4 rings (SSSR count). The van der Waals surface area contributed by atoms with Crippen LogP contribution in [0.1, 0.15) is 12.8 Å². The summed E-state index contributed by atoms with van der Waals surface area (Å²) in [5.74, 6) is 0.909. The lowest BCUT2D eigenvalue weighted by Gasteiger charge is -2.32. The van der Waals surface area contributed by atoms with Gasteiger partial charge in [0.05, 0.1) is 16.4 Å². The molecule has 1 aliphatic rings. The number of nitrogens with zero attached hydrogens (tertiary/aromatic N) is 3. The number of pyridine rings is 1. The van der Waals surface area contributed by atoms with Gasteiger partial charge in [-0.3, -0.25) is 4.79 Å². The Kier molecular flexibility index (Phi) is 5.55. The van der Waals surface area contributed by atoms with Crippen LogP contribution in [-0.2, 0) is 4.79 Å². The molecule has 0 bridgehead atoms. The van der Waals surface area contributed by atoms with Crippen LogP contribution in [0, 0.1) is 5.92 Å². The van der Waals surface area contributed by atoms with E-state index < -0.39 is 0 Å². The van der Waals surface area contributed by atoms with E-state index in [1.165, 1.54) is 0 Å². The molecular formula is C21H20Cl2N4O. The number of anilines is 2. The minimum Gasteiger partial charge on any atom is -0.357 e. The SMILES string of the molecule is O=C(Nc1ccc(Cl)cc1-n1cccc1)C1CCN(c2ccc(Cl)cn2)CC1. The predicted molar refractivity (Wildman–Crippen MR) is 114 cm³/mol. The summed E-state index contributed by atoms with van der Waals surface area (Å²) in [6.45, 7) is 1.58. The fourth-order valence-corrected chi connectivity index (χ4v) is 3.76. The highest BCUT2D eigenvalue weighted by molar-refractivity contribution is 6.31. The first-order valence-electron chi connectivity index (χ1n) is 9.20. The van der Waals surface area contributed by atoms with Gasteiger partial charge in [-0.05, 0) is 55.3 Å². The van der Waals surface area contributed by atoms with Gasteiger partial charge in [0.25, 0.3) is 0 Å². The Morgan fingerprint density at radius 1 is 1.04 bits per heavy atom. The zero-order chi connectivity index (χ0) is 19.5. The van der Waals surface area contributed by atoms with E-state index in [-0.39, 0.29) is 11.8 Å². The molecule has 1 amide bonds. The van der Waals surface area contributed by atoms with Crippen LogP contribution in [-0.4, -0.2) is 28.5 Å². The van der Waals surface area contributed by atoms with Gasteiger partial charge in [-0.25, -0.2) is 4.98 Å². The number of aromatic nitrogens is 2. The molecule has 5 nitrogen and oxygen atoms in total. The number of nitrogens with one attached hydrogen (secondary N) is 1. The molecule has 0 radical (unpaired) electrons. The molecular weight excluding hydrogens is 395 g/mol. The van der Waals surface area contributed by atoms with Crippen LogP contribution in [0.4, 0.5) is 11.5 Å². The van der Waals surface area contributed by atoms with Gasteiger partial charge in [0.1, 0.15) is 5.82 Å². The first-order valence-corrected chi connectivity index (χ1v) is 9.96. The first-order chi connectivity index (χ1) is 13.6. The molecule has 1 N–H and O–H groups in total. The molecule has 1 saturated heterocycles. The maximum Gasteiger partial charge on any atom is 0.227 e. The van der Waals surface area contributed by atoms with Gasteiger partial charge in [0, 0.05) is 42.6 Å². The number of piperidine rings is 1. The van der Waals surface area contributed by atoms with E-state index in [9.17, 15) is 4.79 Å². The van der Waals surface area contributed by atoms with E-state index >= 15 is 0 Å². The van der Waals surface area contributed by atoms with Crippen molar-refractivity contribution in [3.8, 4) is 5.69 Å². The van der Waals surface area contributed by atoms with Gasteiger partial charge >= 0.3 is 0 Å². The van der Waals surface area contributed by atoms with Crippen molar-refractivity contribution in [2.24, 2.45) is 5.92 Å². The third-order valence-corrected chi connectivity index (χ3v) is 5.46. The topological polar surface area (TPSA) is 50.2 Å². The van der Waals surface area contributed by atoms with Crippen molar-refractivity contribution in [2.75, 3.05) is 23.3 Å². The number of benzene rings is 1. The van der Waals surface area contributed by atoms with Crippen LogP contribution in [0.5, 0.6) is 0 Å². The van der Waals surface area contributed by atoms with Crippen molar-refractivity contribution in [2.45, 2.75) is 12.8 Å². The molecule has 1 aliphatic heterocycles. The molecule has 0 unspecified atom stereocenters. The summed E-state index contributed by atoms with van der Waals surface area (Å²) >= 11 is 12.1. The molecule has 1 aromatic carbocycles. The summed E-state index contributed by atoms with van der Waals surface area (Å²) < 4.78 is 1.94. The largest absolute Gasteiger partial charge is 0.357 e. The quantitative estimate of drug-likeness (QED) is 0.650. The van der Waals surface area contributed by atoms with Gasteiger partial charge < -0.3 is 14.8 Å². The van der Waals surface area contributed by atoms with Gasteiger partial charge in [0.15, 0.2) is 0 Å². The van der Waals surface area contributed by atoms with E-state index in [0.29, 0.717) is 10.0 Å². The minimum absolute atomic E-state index is 0.0308. The number of amides is 1. The fraction of sp³-hybridized carbons (Fsp3) is 0.238. The average Bonchev–Trinajstić information content (AvgIpc) is 3.25. The smallest absolute Gasteiger partial charge is 0.227 e. The lowest BCUT2D eigenvalue weighted by Crippen LogP contribution is -2.38. The Bertz CT molecular complexity index is 949. The molecule has 3 heterocycles. The Hall–Kier alpha value is -2.50. The molecule has 2 aromatic heterocycles. The van der Waals surface area contributed by atoms with Crippen LogP contribution in [0.25, 0.3) is 5.69 Å². The third-order valence-electron chi connectivity index (χ3n) is 5.00. The Morgan fingerprint density at radius 2 is 1.75 bits per heavy atom. The zero-order valence-electron chi connectivity index (χ0n) is 15.2. The van der Waals surface area contributed by atoms with Gasteiger partial charge in [0.2, 0.25) is 5.91 Å². The van der Waals surface area contributed by atoms with E-state index in [1.807, 2.05) is 53.4 Å². The molecule has 0 spiro atoms. The van der Waals surface area contributed by atoms with E-state index in [4.69, 9.17) is 23.2 Å². The molecule has 0 aliphatic carbocycles. The van der Waals surface area contributed by atoms with Crippen LogP contribution in [0.2, 0.25) is 10.0 Å². The van der Waals surface area contributed by atoms with E-state index in [1.54, 1.807) is 12.3 Å². The van der Waals surface area contributed by atoms with Crippen molar-refractivity contribution in [3.63, 3.8) is 0 Å². The maximum absolute atomic E-state index is 12.9. The van der Waals surface area contributed by atoms with Crippen LogP contribution >= 0.6 is 23.2 Å². The van der Waals surface area contributed by atoms with Crippen molar-refractivity contribution in [1.29, 1.82) is 0 Å². The molecule has 7 heteroatoms. The summed E-state index contributed by atoms with van der Waals surface area (Å²) in [5, 5.41) is 4.34. The standard InChI is InChI=1S/C21H20Cl2N4O/c22-16-3-5-18(19(13-16)26-9-1-2-10-26)25-21(28)15-7-11-27(12-8-15)20-6-4-17(23)14-24-20/h1-6,9-10,13-15H,7-8,11-12H2,(H,25,28). The number of hydrogen-bond acceptors (Lipinski definition) is 3. The molecule has 3 aromatic rings. The highest BCUT2D eigenvalue weighted by Gasteiger charge is 2.26. The minimum atomic E-state index is -0.0308. The van der Waals surface area contributed by atoms with Crippen LogP contribution < -0.4 is 10.2 Å². The van der Waals surface area contributed by atoms with Crippen molar-refractivity contribution in [1.82, 2.24) is 9.55 Å². The van der Waals surface area contributed by atoms with Gasteiger partial charge in [-0.15, -0.1) is 0 Å². The van der Waals surface area contributed by atoms with Gasteiger partial charge in [-0.1, -0.05) is 23.2 Å². The molecule has 0 saturated carbocycles. The van der Waals surface area contributed by atoms with Crippen LogP contribution in [0.3, 0.4) is 0 Å². The molecule has 1 fully saturated rings. The average molecular weight is 415 g/mol. The predicted octanol–water partition coefficient (Wildman–Crippen LogP) is 5.03. The number of halogens is 2. The number of hydrogen-bond donors (Lipinski definition) is 1. The maximum atomic E-state index is 12.9. The highest BCUT2D eigenvalue weighted by atomic mass is 35.5. The number of carbonyl (C=O) groups excluding carboxylic acids is 1. The third kappa shape index (κ3) is 4.16. The second-order valence-corrected chi connectivity index (χ2v) is 7.71. The molecule has 0 atom stereocenters. The highest BCUT2D eigenvalue weighted by Crippen LogP contribution is 2.27. The van der Waals surface area contributed by atoms with E-state index in [2.05, 4.69) is 15.2 Å². The fourth-order valence-electron chi connectivity index (χ4n) is 3.48. The lowest BCUT2D eigenvalue weighted by molar-refractivity contribution is -0.120. The Balaban J connectivity index is 1.42. The van der Waals surface area contributed by atoms with Crippen LogP contribution in [0.15, 0.2) is 61.1 Å². The summed E-state index contributed by atoms with van der Waals surface area (Å²) in [6.07, 6.45) is 7.07. The Labute approximate surface area is 173 Å². The lowest BCUT2D eigenvalue weighted by atomic mass is 9.95.